The van der Waals surface area contributed by atoms with Crippen molar-refractivity contribution in [2.24, 2.45) is 0 Å². The number of hydrogen-bond acceptors (Lipinski definition) is 10. The van der Waals surface area contributed by atoms with Crippen LogP contribution in [-0.2, 0) is 13.3 Å². The van der Waals surface area contributed by atoms with Gasteiger partial charge in [-0.15, -0.1) is 11.8 Å². The molecule has 1 fully saturated rings. The highest BCUT2D eigenvalue weighted by atomic mass is 32.2. The fourth-order valence-electron chi connectivity index (χ4n) is 5.04. The molecule has 1 aliphatic heterocycles. The van der Waals surface area contributed by atoms with Gasteiger partial charge in [0.05, 0.1) is 18.1 Å². The van der Waals surface area contributed by atoms with Crippen LogP contribution in [0.2, 0.25) is 22.2 Å². The summed E-state index contributed by atoms with van der Waals surface area (Å²) in [7, 11) is -6.10. The Bertz CT molecular complexity index is 1020. The molecule has 10 nitrogen and oxygen atoms in total. The number of aliphatic hydroxyl groups is 1. The van der Waals surface area contributed by atoms with Gasteiger partial charge in [-0.25, -0.2) is 14.6 Å². The minimum absolute atomic E-state index is 0.0113. The van der Waals surface area contributed by atoms with E-state index in [-0.39, 0.29) is 28.8 Å². The lowest BCUT2D eigenvalue weighted by Crippen LogP contribution is -2.61. The lowest BCUT2D eigenvalue weighted by Gasteiger charge is -2.47. The van der Waals surface area contributed by atoms with Crippen LogP contribution in [0, 0.1) is 0 Å². The molecule has 0 saturated carbocycles. The highest BCUT2D eigenvalue weighted by Gasteiger charge is 2.57. The number of hydrogen-bond donors (Lipinski definition) is 3. The zero-order valence-corrected chi connectivity index (χ0v) is 25.7. The molecular weight excluding hydrogens is 515 g/mol. The number of rotatable bonds is 11. The molecule has 2 aromatic rings. The van der Waals surface area contributed by atoms with Gasteiger partial charge in [0.15, 0.2) is 11.9 Å². The topological polar surface area (TPSA) is 138 Å². The summed E-state index contributed by atoms with van der Waals surface area (Å²) in [6, 6.07) is 0. The summed E-state index contributed by atoms with van der Waals surface area (Å²) >= 11 is 1.46. The number of nitrogens with two attached hydrogens (primary N) is 1. The van der Waals surface area contributed by atoms with Crippen molar-refractivity contribution in [3.8, 4) is 0 Å². The molecule has 3 atom stereocenters. The molecular formula is C23H43N5O5SSi2. The monoisotopic (exact) mass is 557 g/mol. The lowest BCUT2D eigenvalue weighted by molar-refractivity contribution is -0.0483. The van der Waals surface area contributed by atoms with Crippen LogP contribution in [0.25, 0.3) is 11.0 Å². The minimum Gasteiger partial charge on any atom is -0.414 e. The van der Waals surface area contributed by atoms with E-state index < -0.39 is 35.6 Å². The zero-order chi connectivity index (χ0) is 27.0. The first-order valence-corrected chi connectivity index (χ1v) is 17.9. The second-order valence-corrected chi connectivity index (χ2v) is 20.2. The molecule has 1 saturated heterocycles. The molecule has 36 heavy (non-hydrogen) atoms. The summed E-state index contributed by atoms with van der Waals surface area (Å²) < 4.78 is 21.8. The largest absolute Gasteiger partial charge is 0.414 e. The SMILES string of the molecule is CSc1nn([C@H]2C[C@H](O[Si](O[Si](O)(C(C)C)C(C)C)(C(C)C)C(C)C)[C@H](CO)O2)c2ncnc(N)c12. The normalized spacial score (nSPS) is 21.7. The summed E-state index contributed by atoms with van der Waals surface area (Å²) in [5.74, 6) is 0.367. The number of fused-ring (bicyclic) bond motifs is 1. The molecule has 13 heteroatoms. The van der Waals surface area contributed by atoms with Crippen molar-refractivity contribution in [1.82, 2.24) is 19.7 Å². The fourth-order valence-corrected chi connectivity index (χ4v) is 15.5. The molecule has 0 amide bonds. The third-order valence-electron chi connectivity index (χ3n) is 7.24. The average molecular weight is 558 g/mol. The maximum Gasteiger partial charge on any atom is 0.335 e. The molecule has 0 aliphatic carbocycles. The molecule has 2 aromatic heterocycles. The summed E-state index contributed by atoms with van der Waals surface area (Å²) in [6.45, 7) is 16.3. The molecule has 4 N–H and O–H groups in total. The Labute approximate surface area is 220 Å². The smallest absolute Gasteiger partial charge is 0.335 e. The standard InChI is InChI=1S/C23H43N5O5SSi2/c1-13(2)35(30,14(3)4)33-36(15(5)6,16(7)8)32-17-10-19(31-18(17)11-29)28-22-20(23(27-28)34-9)21(24)25-12-26-22/h12-19,29-30H,10-11H2,1-9H3,(H2,24,25,26)/t17-,18-,19+/m0/s1. The highest BCUT2D eigenvalue weighted by Crippen LogP contribution is 2.45. The van der Waals surface area contributed by atoms with Gasteiger partial charge in [-0.05, 0) is 28.4 Å². The van der Waals surface area contributed by atoms with Gasteiger partial charge in [0.1, 0.15) is 23.3 Å². The van der Waals surface area contributed by atoms with Crippen molar-refractivity contribution < 1.29 is 23.2 Å². The van der Waals surface area contributed by atoms with E-state index in [1.807, 2.05) is 34.0 Å². The third kappa shape index (κ3) is 5.26. The van der Waals surface area contributed by atoms with Gasteiger partial charge >= 0.3 is 17.1 Å². The predicted octanol–water partition coefficient (Wildman–Crippen LogP) is 4.33. The van der Waals surface area contributed by atoms with E-state index in [1.54, 1.807) is 4.68 Å². The molecule has 0 aromatic carbocycles. The number of aliphatic hydroxyl groups excluding tert-OH is 1. The van der Waals surface area contributed by atoms with Gasteiger partial charge in [0.2, 0.25) is 0 Å². The Morgan fingerprint density at radius 3 is 2.22 bits per heavy atom. The highest BCUT2D eigenvalue weighted by molar-refractivity contribution is 7.98. The van der Waals surface area contributed by atoms with Gasteiger partial charge in [-0.3, -0.25) is 0 Å². The van der Waals surface area contributed by atoms with Crippen LogP contribution in [-0.4, -0.2) is 71.8 Å². The first kappa shape index (κ1) is 29.5. The van der Waals surface area contributed by atoms with Crippen LogP contribution >= 0.6 is 11.8 Å². The van der Waals surface area contributed by atoms with E-state index >= 15 is 0 Å². The molecule has 204 valence electrons. The minimum atomic E-state index is -3.11. The van der Waals surface area contributed by atoms with Crippen LogP contribution in [0.1, 0.15) is 68.0 Å². The Hall–Kier alpha value is -1.07. The Morgan fingerprint density at radius 2 is 1.72 bits per heavy atom. The molecule has 3 rings (SSSR count). The van der Waals surface area contributed by atoms with Crippen LogP contribution in [0.4, 0.5) is 5.82 Å². The second kappa shape index (κ2) is 11.4. The van der Waals surface area contributed by atoms with Crippen molar-refractivity contribution >= 4 is 45.7 Å². The maximum atomic E-state index is 11.7. The molecule has 0 spiro atoms. The Balaban J connectivity index is 1.99. The molecule has 0 radical (unpaired) electrons. The quantitative estimate of drug-likeness (QED) is 0.270. The van der Waals surface area contributed by atoms with Crippen molar-refractivity contribution in [2.75, 3.05) is 18.6 Å². The molecule has 0 bridgehead atoms. The Morgan fingerprint density at radius 1 is 1.11 bits per heavy atom. The average Bonchev–Trinajstić information content (AvgIpc) is 3.39. The number of aromatic nitrogens is 4. The van der Waals surface area contributed by atoms with Crippen molar-refractivity contribution in [2.45, 2.75) is 107 Å². The van der Waals surface area contributed by atoms with E-state index in [0.29, 0.717) is 23.3 Å². The van der Waals surface area contributed by atoms with Gasteiger partial charge in [0.25, 0.3) is 0 Å². The first-order chi connectivity index (χ1) is 16.8. The molecule has 1 aliphatic rings. The van der Waals surface area contributed by atoms with E-state index in [9.17, 15) is 9.90 Å². The number of nitrogen functional groups attached to an aromatic ring is 1. The summed E-state index contributed by atoms with van der Waals surface area (Å²) in [6.07, 6.45) is 2.31. The number of anilines is 1. The van der Waals surface area contributed by atoms with Crippen LogP contribution < -0.4 is 5.73 Å². The van der Waals surface area contributed by atoms with E-state index in [4.69, 9.17) is 24.1 Å². The molecule has 0 unspecified atom stereocenters. The fraction of sp³-hybridized carbons (Fsp3) is 0.783. The third-order valence-corrected chi connectivity index (χ3v) is 17.7. The van der Waals surface area contributed by atoms with Gasteiger partial charge in [-0.2, -0.15) is 5.10 Å². The predicted molar refractivity (Wildman–Crippen MR) is 147 cm³/mol. The van der Waals surface area contributed by atoms with Gasteiger partial charge in [0, 0.05) is 6.42 Å². The summed E-state index contributed by atoms with van der Waals surface area (Å²) in [4.78, 5) is 20.3. The number of nitrogens with zero attached hydrogens (tertiary/aromatic N) is 4. The van der Waals surface area contributed by atoms with Crippen LogP contribution in [0.3, 0.4) is 0 Å². The van der Waals surface area contributed by atoms with Gasteiger partial charge in [-0.1, -0.05) is 55.4 Å². The van der Waals surface area contributed by atoms with Crippen molar-refractivity contribution in [3.05, 3.63) is 6.33 Å². The lowest BCUT2D eigenvalue weighted by atomic mass is 10.2. The molecule has 3 heterocycles. The van der Waals surface area contributed by atoms with Crippen molar-refractivity contribution in [3.63, 3.8) is 0 Å². The second-order valence-electron chi connectivity index (χ2n) is 10.8. The Kier molecular flexibility index (Phi) is 9.30. The summed E-state index contributed by atoms with van der Waals surface area (Å²) in [5.41, 5.74) is 6.89. The van der Waals surface area contributed by atoms with Crippen LogP contribution in [0.15, 0.2) is 11.4 Å². The van der Waals surface area contributed by atoms with E-state index in [1.165, 1.54) is 18.1 Å². The maximum absolute atomic E-state index is 11.7. The number of thioether (sulfide) groups is 1. The summed E-state index contributed by atoms with van der Waals surface area (Å²) in [5, 5.41) is 16.4. The van der Waals surface area contributed by atoms with Crippen molar-refractivity contribution in [1.29, 1.82) is 0 Å². The van der Waals surface area contributed by atoms with Gasteiger partial charge < -0.3 is 28.9 Å². The number of ether oxygens (including phenoxy) is 1. The van der Waals surface area contributed by atoms with Crippen LogP contribution in [0.5, 0.6) is 0 Å². The zero-order valence-electron chi connectivity index (χ0n) is 22.9. The first-order valence-electron chi connectivity index (χ1n) is 12.7. The van der Waals surface area contributed by atoms with E-state index in [2.05, 4.69) is 37.7 Å². The van der Waals surface area contributed by atoms with E-state index in [0.717, 1.165) is 5.03 Å².